The maximum atomic E-state index is 11.8. The van der Waals surface area contributed by atoms with E-state index in [9.17, 15) is 4.79 Å². The van der Waals surface area contributed by atoms with Crippen molar-refractivity contribution in [3.63, 3.8) is 0 Å². The molecule has 0 aliphatic heterocycles. The van der Waals surface area contributed by atoms with Gasteiger partial charge in [0.05, 0.1) is 0 Å². The molecule has 0 bridgehead atoms. The van der Waals surface area contributed by atoms with Crippen LogP contribution in [0, 0.1) is 13.8 Å². The fourth-order valence-corrected chi connectivity index (χ4v) is 1.85. The lowest BCUT2D eigenvalue weighted by molar-refractivity contribution is -0.116. The molecular weight excluding hydrogens is 224 g/mol. The molecule has 0 saturated carbocycles. The number of anilines is 1. The van der Waals surface area contributed by atoms with Gasteiger partial charge < -0.3 is 9.88 Å². The summed E-state index contributed by atoms with van der Waals surface area (Å²) in [4.78, 5) is 11.8. The molecule has 2 aromatic rings. The summed E-state index contributed by atoms with van der Waals surface area (Å²) in [6.45, 7) is 4.78. The number of carbonyl (C=O) groups is 1. The highest BCUT2D eigenvalue weighted by molar-refractivity contribution is 5.91. The van der Waals surface area contributed by atoms with E-state index in [4.69, 9.17) is 0 Å². The third kappa shape index (κ3) is 3.00. The van der Waals surface area contributed by atoms with Gasteiger partial charge in [-0.3, -0.25) is 4.79 Å². The summed E-state index contributed by atoms with van der Waals surface area (Å²) in [5.41, 5.74) is 3.23. The molecule has 3 heteroatoms. The van der Waals surface area contributed by atoms with Crippen molar-refractivity contribution >= 4 is 11.6 Å². The van der Waals surface area contributed by atoms with Gasteiger partial charge in [0.15, 0.2) is 0 Å². The van der Waals surface area contributed by atoms with E-state index in [-0.39, 0.29) is 5.91 Å². The summed E-state index contributed by atoms with van der Waals surface area (Å²) in [7, 11) is 0. The molecule has 0 saturated heterocycles. The number of benzene rings is 1. The molecule has 3 nitrogen and oxygen atoms in total. The highest BCUT2D eigenvalue weighted by Gasteiger charge is 2.05. The van der Waals surface area contributed by atoms with E-state index in [2.05, 4.69) is 5.32 Å². The minimum atomic E-state index is 0.0531. The van der Waals surface area contributed by atoms with Gasteiger partial charge in [-0.15, -0.1) is 0 Å². The van der Waals surface area contributed by atoms with Gasteiger partial charge in [0, 0.05) is 31.0 Å². The smallest absolute Gasteiger partial charge is 0.226 e. The molecule has 1 aromatic heterocycles. The second kappa shape index (κ2) is 5.54. The minimum absolute atomic E-state index is 0.0531. The summed E-state index contributed by atoms with van der Waals surface area (Å²) in [6, 6.07) is 9.87. The zero-order chi connectivity index (χ0) is 13.0. The van der Waals surface area contributed by atoms with Gasteiger partial charge in [-0.2, -0.15) is 0 Å². The van der Waals surface area contributed by atoms with Crippen LogP contribution in [0.5, 0.6) is 0 Å². The van der Waals surface area contributed by atoms with Crippen LogP contribution < -0.4 is 5.32 Å². The largest absolute Gasteiger partial charge is 0.354 e. The van der Waals surface area contributed by atoms with Crippen molar-refractivity contribution in [1.82, 2.24) is 4.57 Å². The lowest BCUT2D eigenvalue weighted by Crippen LogP contribution is -2.14. The van der Waals surface area contributed by atoms with Gasteiger partial charge in [0.1, 0.15) is 0 Å². The molecule has 2 rings (SSSR count). The zero-order valence-electron chi connectivity index (χ0n) is 10.8. The van der Waals surface area contributed by atoms with E-state index in [1.54, 1.807) is 0 Å². The van der Waals surface area contributed by atoms with E-state index in [0.717, 1.165) is 11.3 Å². The summed E-state index contributed by atoms with van der Waals surface area (Å²) < 4.78 is 2.00. The summed E-state index contributed by atoms with van der Waals surface area (Å²) >= 11 is 0. The second-order valence-corrected chi connectivity index (χ2v) is 4.47. The van der Waals surface area contributed by atoms with Crippen molar-refractivity contribution in [2.24, 2.45) is 0 Å². The van der Waals surface area contributed by atoms with Crippen LogP contribution >= 0.6 is 0 Å². The molecule has 1 amide bonds. The molecule has 0 spiro atoms. The zero-order valence-corrected chi connectivity index (χ0v) is 10.8. The first kappa shape index (κ1) is 12.4. The van der Waals surface area contributed by atoms with Crippen LogP contribution in [0.1, 0.15) is 17.5 Å². The van der Waals surface area contributed by atoms with Crippen molar-refractivity contribution in [2.75, 3.05) is 5.32 Å². The number of aromatic nitrogens is 1. The number of nitrogens with zero attached hydrogens (tertiary/aromatic N) is 1. The van der Waals surface area contributed by atoms with Crippen LogP contribution in [0.3, 0.4) is 0 Å². The maximum absolute atomic E-state index is 11.8. The van der Waals surface area contributed by atoms with Crippen LogP contribution in [0.25, 0.3) is 0 Å². The van der Waals surface area contributed by atoms with Crippen molar-refractivity contribution in [3.8, 4) is 0 Å². The highest BCUT2D eigenvalue weighted by atomic mass is 16.1. The Morgan fingerprint density at radius 3 is 2.61 bits per heavy atom. The Hall–Kier alpha value is -2.03. The molecule has 0 aliphatic rings. The van der Waals surface area contributed by atoms with Crippen molar-refractivity contribution in [3.05, 3.63) is 53.9 Å². The van der Waals surface area contributed by atoms with Crippen LogP contribution in [0.2, 0.25) is 0 Å². The number of carbonyl (C=O) groups excluding carboxylic acids is 1. The quantitative estimate of drug-likeness (QED) is 0.878. The minimum Gasteiger partial charge on any atom is -0.354 e. The summed E-state index contributed by atoms with van der Waals surface area (Å²) in [5.74, 6) is 0.0531. The highest BCUT2D eigenvalue weighted by Crippen LogP contribution is 2.18. The molecule has 1 N–H and O–H groups in total. The van der Waals surface area contributed by atoms with E-state index < -0.39 is 0 Å². The third-order valence-corrected chi connectivity index (χ3v) is 3.14. The van der Waals surface area contributed by atoms with Crippen LogP contribution in [0.15, 0.2) is 42.7 Å². The Morgan fingerprint density at radius 1 is 1.17 bits per heavy atom. The van der Waals surface area contributed by atoms with E-state index >= 15 is 0 Å². The molecular formula is C15H18N2O. The summed E-state index contributed by atoms with van der Waals surface area (Å²) in [5, 5.41) is 2.96. The monoisotopic (exact) mass is 242 g/mol. The fraction of sp³-hybridized carbons (Fsp3) is 0.267. The first-order valence-corrected chi connectivity index (χ1v) is 6.13. The average Bonchev–Trinajstić information content (AvgIpc) is 2.86. The Morgan fingerprint density at radius 2 is 1.89 bits per heavy atom. The molecule has 0 aliphatic carbocycles. The van der Waals surface area contributed by atoms with Crippen molar-refractivity contribution in [1.29, 1.82) is 0 Å². The second-order valence-electron chi connectivity index (χ2n) is 4.47. The van der Waals surface area contributed by atoms with Gasteiger partial charge in [0.2, 0.25) is 5.91 Å². The van der Waals surface area contributed by atoms with E-state index in [1.807, 2.05) is 61.1 Å². The van der Waals surface area contributed by atoms with Gasteiger partial charge in [0.25, 0.3) is 0 Å². The Kier molecular flexibility index (Phi) is 3.82. The fourth-order valence-electron chi connectivity index (χ4n) is 1.85. The van der Waals surface area contributed by atoms with Crippen LogP contribution in [-0.2, 0) is 11.3 Å². The Labute approximate surface area is 107 Å². The molecule has 0 atom stereocenters. The number of hydrogen-bond acceptors (Lipinski definition) is 1. The Bertz CT molecular complexity index is 529. The molecule has 94 valence electrons. The first-order chi connectivity index (χ1) is 8.66. The lowest BCUT2D eigenvalue weighted by Gasteiger charge is -2.10. The average molecular weight is 242 g/mol. The molecule has 1 aromatic carbocycles. The van der Waals surface area contributed by atoms with E-state index in [0.29, 0.717) is 13.0 Å². The normalized spacial score (nSPS) is 10.3. The number of amides is 1. The van der Waals surface area contributed by atoms with Crippen molar-refractivity contribution < 1.29 is 4.79 Å². The van der Waals surface area contributed by atoms with Crippen LogP contribution in [0.4, 0.5) is 5.69 Å². The predicted octanol–water partition coefficient (Wildman–Crippen LogP) is 3.13. The number of hydrogen-bond donors (Lipinski definition) is 1. The Balaban J connectivity index is 1.93. The summed E-state index contributed by atoms with van der Waals surface area (Å²) in [6.07, 6.45) is 4.42. The van der Waals surface area contributed by atoms with Gasteiger partial charge in [-0.05, 0) is 43.2 Å². The maximum Gasteiger partial charge on any atom is 0.226 e. The molecule has 0 fully saturated rings. The topological polar surface area (TPSA) is 34.0 Å². The SMILES string of the molecule is Cc1cccc(NC(=O)CCn2cccc2)c1C. The third-order valence-electron chi connectivity index (χ3n) is 3.14. The predicted molar refractivity (Wildman–Crippen MR) is 73.6 cm³/mol. The molecule has 1 heterocycles. The number of aryl methyl sites for hydroxylation is 2. The lowest BCUT2D eigenvalue weighted by atomic mass is 10.1. The van der Waals surface area contributed by atoms with Crippen molar-refractivity contribution in [2.45, 2.75) is 26.8 Å². The molecule has 0 radical (unpaired) electrons. The number of rotatable bonds is 4. The molecule has 18 heavy (non-hydrogen) atoms. The first-order valence-electron chi connectivity index (χ1n) is 6.13. The standard InChI is InChI=1S/C15H18N2O/c1-12-6-5-7-14(13(12)2)16-15(18)8-11-17-9-3-4-10-17/h3-7,9-10H,8,11H2,1-2H3,(H,16,18). The van der Waals surface area contributed by atoms with E-state index in [1.165, 1.54) is 5.56 Å². The van der Waals surface area contributed by atoms with Crippen LogP contribution in [-0.4, -0.2) is 10.5 Å². The van der Waals surface area contributed by atoms with Gasteiger partial charge in [-0.25, -0.2) is 0 Å². The van der Waals surface area contributed by atoms with Gasteiger partial charge >= 0.3 is 0 Å². The molecule has 0 unspecified atom stereocenters. The number of nitrogens with one attached hydrogen (secondary N) is 1. The van der Waals surface area contributed by atoms with Gasteiger partial charge in [-0.1, -0.05) is 12.1 Å².